The summed E-state index contributed by atoms with van der Waals surface area (Å²) < 4.78 is 14.4. The van der Waals surface area contributed by atoms with Gasteiger partial charge in [0.15, 0.2) is 0 Å². The van der Waals surface area contributed by atoms with E-state index < -0.39 is 12.8 Å². The number of hydrogen-bond acceptors (Lipinski definition) is 3. The Kier molecular flexibility index (Phi) is 3.33. The van der Waals surface area contributed by atoms with Crippen molar-refractivity contribution in [3.8, 4) is 6.07 Å². The highest BCUT2D eigenvalue weighted by molar-refractivity contribution is 6.58. The van der Waals surface area contributed by atoms with Crippen LogP contribution in [0.3, 0.4) is 0 Å². The Bertz CT molecular complexity index is 562. The molecule has 1 atom stereocenters. The molecule has 90 valence electrons. The van der Waals surface area contributed by atoms with Crippen LogP contribution in [-0.2, 0) is 0 Å². The number of allylic oxidation sites excluding steroid dienone is 4. The Balaban J connectivity index is 2.48. The van der Waals surface area contributed by atoms with Crippen molar-refractivity contribution >= 4 is 18.2 Å². The summed E-state index contributed by atoms with van der Waals surface area (Å²) in [5.74, 6) is 0. The average Bonchev–Trinajstić information content (AvgIpc) is 2.39. The smallest absolute Gasteiger partial charge is 0.423 e. The third-order valence-corrected chi connectivity index (χ3v) is 2.90. The van der Waals surface area contributed by atoms with Crippen LogP contribution in [0.5, 0.6) is 0 Å². The lowest BCUT2D eigenvalue weighted by atomic mass is 9.77. The number of hydrogen-bond donors (Lipinski definition) is 2. The second kappa shape index (κ2) is 4.77. The van der Waals surface area contributed by atoms with Gasteiger partial charge in [0.05, 0.1) is 0 Å². The topological polar surface area (TPSA) is 64.2 Å². The number of rotatable bonds is 2. The molecule has 1 aliphatic rings. The van der Waals surface area contributed by atoms with Crippen LogP contribution < -0.4 is 5.46 Å². The van der Waals surface area contributed by atoms with Crippen LogP contribution in [0.15, 0.2) is 42.5 Å². The summed E-state index contributed by atoms with van der Waals surface area (Å²) in [6.07, 6.45) is 4.82. The molecule has 0 saturated carbocycles. The minimum absolute atomic E-state index is 0.00123. The molecule has 0 bridgehead atoms. The number of nitriles is 1. The first kappa shape index (κ1) is 12.6. The zero-order valence-corrected chi connectivity index (χ0v) is 9.55. The maximum Gasteiger partial charge on any atom is 0.488 e. The fourth-order valence-corrected chi connectivity index (χ4v) is 1.93. The first-order valence-corrected chi connectivity index (χ1v) is 5.51. The minimum atomic E-state index is -2.06. The SMILES string of the molecule is N#CC1(F)CC=CC=C1c1cccc(B(O)O)c1. The first-order chi connectivity index (χ1) is 8.57. The van der Waals surface area contributed by atoms with Gasteiger partial charge in [-0.15, -0.1) is 0 Å². The Labute approximate surface area is 105 Å². The maximum atomic E-state index is 14.4. The van der Waals surface area contributed by atoms with Gasteiger partial charge < -0.3 is 10.0 Å². The molecule has 0 fully saturated rings. The van der Waals surface area contributed by atoms with Crippen molar-refractivity contribution in [1.29, 1.82) is 5.26 Å². The average molecular weight is 243 g/mol. The molecule has 18 heavy (non-hydrogen) atoms. The molecule has 0 radical (unpaired) electrons. The van der Waals surface area contributed by atoms with Crippen LogP contribution in [-0.4, -0.2) is 22.8 Å². The normalized spacial score (nSPS) is 22.2. The Morgan fingerprint density at radius 2 is 2.17 bits per heavy atom. The number of alkyl halides is 1. The highest BCUT2D eigenvalue weighted by Gasteiger charge is 2.35. The van der Waals surface area contributed by atoms with Gasteiger partial charge >= 0.3 is 7.12 Å². The van der Waals surface area contributed by atoms with Crippen molar-refractivity contribution in [2.75, 3.05) is 0 Å². The standard InChI is InChI=1S/C13H11BFNO2/c15-13(9-16)7-2-1-6-12(13)10-4-3-5-11(8-10)14(17)18/h1-6,8,17-18H,7H2. The highest BCUT2D eigenvalue weighted by atomic mass is 19.1. The molecule has 0 aromatic heterocycles. The largest absolute Gasteiger partial charge is 0.488 e. The Morgan fingerprint density at radius 3 is 2.83 bits per heavy atom. The summed E-state index contributed by atoms with van der Waals surface area (Å²) >= 11 is 0. The summed E-state index contributed by atoms with van der Waals surface area (Å²) in [7, 11) is -1.61. The fraction of sp³-hybridized carbons (Fsp3) is 0.154. The lowest BCUT2D eigenvalue weighted by Crippen LogP contribution is -2.31. The van der Waals surface area contributed by atoms with Gasteiger partial charge in [0.2, 0.25) is 5.67 Å². The second-order valence-corrected chi connectivity index (χ2v) is 4.12. The lowest BCUT2D eigenvalue weighted by molar-refractivity contribution is 0.323. The fourth-order valence-electron chi connectivity index (χ4n) is 1.93. The third-order valence-electron chi connectivity index (χ3n) is 2.90. The second-order valence-electron chi connectivity index (χ2n) is 4.12. The molecule has 0 aliphatic heterocycles. The van der Waals surface area contributed by atoms with Crippen molar-refractivity contribution in [2.24, 2.45) is 0 Å². The Morgan fingerprint density at radius 1 is 1.39 bits per heavy atom. The van der Waals surface area contributed by atoms with Crippen molar-refractivity contribution in [3.05, 3.63) is 48.1 Å². The van der Waals surface area contributed by atoms with Crippen LogP contribution >= 0.6 is 0 Å². The molecule has 2 rings (SSSR count). The predicted molar refractivity (Wildman–Crippen MR) is 67.5 cm³/mol. The number of nitrogens with zero attached hydrogens (tertiary/aromatic N) is 1. The monoisotopic (exact) mass is 243 g/mol. The van der Waals surface area contributed by atoms with Gasteiger partial charge in [0, 0.05) is 12.0 Å². The summed E-state index contributed by atoms with van der Waals surface area (Å²) in [4.78, 5) is 0. The van der Waals surface area contributed by atoms with E-state index in [-0.39, 0.29) is 17.5 Å². The van der Waals surface area contributed by atoms with E-state index >= 15 is 0 Å². The van der Waals surface area contributed by atoms with Gasteiger partial charge in [-0.25, -0.2) is 4.39 Å². The van der Waals surface area contributed by atoms with Gasteiger partial charge in [0.1, 0.15) is 6.07 Å². The van der Waals surface area contributed by atoms with E-state index in [1.165, 1.54) is 18.2 Å². The lowest BCUT2D eigenvalue weighted by Gasteiger charge is -2.22. The van der Waals surface area contributed by atoms with Crippen LogP contribution in [0.25, 0.3) is 5.57 Å². The third kappa shape index (κ3) is 2.21. The predicted octanol–water partition coefficient (Wildman–Crippen LogP) is 0.942. The first-order valence-electron chi connectivity index (χ1n) is 5.51. The quantitative estimate of drug-likeness (QED) is 0.760. The summed E-state index contributed by atoms with van der Waals surface area (Å²) in [6.45, 7) is 0. The van der Waals surface area contributed by atoms with Crippen molar-refractivity contribution in [1.82, 2.24) is 0 Å². The van der Waals surface area contributed by atoms with Crippen molar-refractivity contribution in [3.63, 3.8) is 0 Å². The van der Waals surface area contributed by atoms with E-state index in [4.69, 9.17) is 15.3 Å². The summed E-state index contributed by atoms with van der Waals surface area (Å²) in [5.41, 5.74) is -1.07. The number of halogens is 1. The van der Waals surface area contributed by atoms with E-state index in [1.807, 2.05) is 0 Å². The molecule has 0 heterocycles. The van der Waals surface area contributed by atoms with Crippen LogP contribution in [0, 0.1) is 11.3 Å². The van der Waals surface area contributed by atoms with Crippen LogP contribution in [0.2, 0.25) is 0 Å². The molecule has 1 unspecified atom stereocenters. The van der Waals surface area contributed by atoms with Crippen molar-refractivity contribution in [2.45, 2.75) is 12.1 Å². The van der Waals surface area contributed by atoms with E-state index in [0.717, 1.165) is 0 Å². The van der Waals surface area contributed by atoms with Gasteiger partial charge in [-0.05, 0) is 11.0 Å². The Hall–Kier alpha value is -1.90. The van der Waals surface area contributed by atoms with E-state index in [0.29, 0.717) is 5.56 Å². The molecular formula is C13H11BFNO2. The highest BCUT2D eigenvalue weighted by Crippen LogP contribution is 2.36. The van der Waals surface area contributed by atoms with Crippen molar-refractivity contribution < 1.29 is 14.4 Å². The summed E-state index contributed by atoms with van der Waals surface area (Å²) in [5, 5.41) is 27.2. The van der Waals surface area contributed by atoms with E-state index in [2.05, 4.69) is 0 Å². The zero-order chi connectivity index (χ0) is 13.2. The van der Waals surface area contributed by atoms with E-state index in [1.54, 1.807) is 30.4 Å². The minimum Gasteiger partial charge on any atom is -0.423 e. The molecule has 1 aromatic rings. The zero-order valence-electron chi connectivity index (χ0n) is 9.55. The van der Waals surface area contributed by atoms with Gasteiger partial charge in [-0.3, -0.25) is 0 Å². The molecule has 3 nitrogen and oxygen atoms in total. The van der Waals surface area contributed by atoms with E-state index in [9.17, 15) is 4.39 Å². The van der Waals surface area contributed by atoms with Crippen LogP contribution in [0.4, 0.5) is 4.39 Å². The maximum absolute atomic E-state index is 14.4. The molecule has 0 saturated heterocycles. The number of benzene rings is 1. The van der Waals surface area contributed by atoms with Gasteiger partial charge in [-0.2, -0.15) is 5.26 Å². The molecule has 0 amide bonds. The van der Waals surface area contributed by atoms with Gasteiger partial charge in [0.25, 0.3) is 0 Å². The molecule has 0 spiro atoms. The molecule has 2 N–H and O–H groups in total. The molecule has 1 aliphatic carbocycles. The van der Waals surface area contributed by atoms with Crippen LogP contribution in [0.1, 0.15) is 12.0 Å². The van der Waals surface area contributed by atoms with Gasteiger partial charge in [-0.1, -0.05) is 42.5 Å². The summed E-state index contributed by atoms with van der Waals surface area (Å²) in [6, 6.07) is 7.91. The molecule has 1 aromatic carbocycles. The molecular weight excluding hydrogens is 232 g/mol. The molecule has 5 heteroatoms.